The number of nitrogens with zero attached hydrogens (tertiary/aromatic N) is 1. The van der Waals surface area contributed by atoms with Gasteiger partial charge in [-0.2, -0.15) is 18.2 Å². The Hall–Kier alpha value is -1.58. The van der Waals surface area contributed by atoms with Gasteiger partial charge in [0.05, 0.1) is 18.4 Å². The lowest BCUT2D eigenvalue weighted by Crippen LogP contribution is -2.41. The topological polar surface area (TPSA) is 36.5 Å². The van der Waals surface area contributed by atoms with Crippen LogP contribution in [-0.2, 0) is 11.2 Å². The summed E-state index contributed by atoms with van der Waals surface area (Å²) in [4.78, 5) is 0. The standard InChI is InChI=1S/C24H27Cl2F4N3O/c1-15(19-10-17(25)11-20-21(19)32-33(22(20)26)13-24(28,29)30)34-14-23(6-8-31-9-7-23)12-16-2-4-18(27)5-3-16/h2-5,10-11,15,22,31-32H,6-9,12-14H2,1H3/t15?,22-/m0/s1. The van der Waals surface area contributed by atoms with Gasteiger partial charge in [0.15, 0.2) is 0 Å². The Balaban J connectivity index is 1.51. The third-order valence-electron chi connectivity index (χ3n) is 6.53. The molecule has 1 fully saturated rings. The molecule has 0 saturated carbocycles. The van der Waals surface area contributed by atoms with Gasteiger partial charge in [0, 0.05) is 21.6 Å². The van der Waals surface area contributed by atoms with E-state index in [9.17, 15) is 17.6 Å². The van der Waals surface area contributed by atoms with E-state index in [1.165, 1.54) is 12.1 Å². The lowest BCUT2D eigenvalue weighted by Gasteiger charge is -2.38. The van der Waals surface area contributed by atoms with Crippen LogP contribution >= 0.6 is 23.2 Å². The zero-order valence-electron chi connectivity index (χ0n) is 18.7. The number of nitrogens with one attached hydrogen (secondary N) is 2. The van der Waals surface area contributed by atoms with Crippen LogP contribution in [0.4, 0.5) is 23.2 Å². The largest absolute Gasteiger partial charge is 0.403 e. The molecule has 0 radical (unpaired) electrons. The lowest BCUT2D eigenvalue weighted by molar-refractivity contribution is -0.143. The lowest BCUT2D eigenvalue weighted by atomic mass is 9.75. The maximum Gasteiger partial charge on any atom is 0.403 e. The van der Waals surface area contributed by atoms with E-state index in [0.29, 0.717) is 28.4 Å². The van der Waals surface area contributed by atoms with E-state index in [1.807, 2.05) is 6.92 Å². The van der Waals surface area contributed by atoms with Crippen molar-refractivity contribution in [1.82, 2.24) is 10.3 Å². The first-order valence-electron chi connectivity index (χ1n) is 11.2. The highest BCUT2D eigenvalue weighted by molar-refractivity contribution is 6.31. The number of piperidine rings is 1. The predicted molar refractivity (Wildman–Crippen MR) is 125 cm³/mol. The first-order valence-corrected chi connectivity index (χ1v) is 12.0. The van der Waals surface area contributed by atoms with Crippen LogP contribution < -0.4 is 10.7 Å². The van der Waals surface area contributed by atoms with Crippen molar-refractivity contribution in [2.45, 2.75) is 44.0 Å². The molecule has 1 saturated heterocycles. The molecule has 2 aromatic carbocycles. The number of halogens is 6. The molecule has 2 N–H and O–H groups in total. The highest BCUT2D eigenvalue weighted by Gasteiger charge is 2.40. The van der Waals surface area contributed by atoms with Crippen molar-refractivity contribution in [2.75, 3.05) is 31.7 Å². The summed E-state index contributed by atoms with van der Waals surface area (Å²) >= 11 is 12.6. The second-order valence-corrected chi connectivity index (χ2v) is 10.0. The first kappa shape index (κ1) is 25.5. The molecule has 0 bridgehead atoms. The summed E-state index contributed by atoms with van der Waals surface area (Å²) in [5, 5.41) is 4.70. The summed E-state index contributed by atoms with van der Waals surface area (Å²) in [6.07, 6.45) is -2.31. The number of benzene rings is 2. The maximum atomic E-state index is 13.4. The first-order chi connectivity index (χ1) is 16.1. The van der Waals surface area contributed by atoms with E-state index in [2.05, 4.69) is 10.7 Å². The van der Waals surface area contributed by atoms with Gasteiger partial charge in [-0.1, -0.05) is 35.3 Å². The number of hydrogen-bond acceptors (Lipinski definition) is 4. The van der Waals surface area contributed by atoms with Crippen LogP contribution in [0.5, 0.6) is 0 Å². The Morgan fingerprint density at radius 2 is 1.85 bits per heavy atom. The Bertz CT molecular complexity index is 997. The summed E-state index contributed by atoms with van der Waals surface area (Å²) in [6, 6.07) is 9.80. The molecule has 10 heteroatoms. The van der Waals surface area contributed by atoms with Gasteiger partial charge < -0.3 is 15.5 Å². The quantitative estimate of drug-likeness (QED) is 0.245. The normalized spacial score (nSPS) is 21.2. The van der Waals surface area contributed by atoms with Crippen LogP contribution in [0.3, 0.4) is 0 Å². The van der Waals surface area contributed by atoms with Crippen molar-refractivity contribution in [1.29, 1.82) is 0 Å². The molecule has 34 heavy (non-hydrogen) atoms. The molecule has 1 unspecified atom stereocenters. The van der Waals surface area contributed by atoms with Crippen molar-refractivity contribution in [2.24, 2.45) is 5.41 Å². The van der Waals surface area contributed by atoms with Gasteiger partial charge in [0.2, 0.25) is 0 Å². The van der Waals surface area contributed by atoms with Crippen LogP contribution in [0.25, 0.3) is 0 Å². The molecule has 0 spiro atoms. The average Bonchev–Trinajstić information content (AvgIpc) is 3.08. The zero-order valence-corrected chi connectivity index (χ0v) is 20.2. The smallest absolute Gasteiger partial charge is 0.373 e. The third-order valence-corrected chi connectivity index (χ3v) is 7.22. The van der Waals surface area contributed by atoms with Gasteiger partial charge in [0.25, 0.3) is 0 Å². The molecule has 2 atom stereocenters. The number of hydrogen-bond donors (Lipinski definition) is 2. The molecule has 0 amide bonds. The Kier molecular flexibility index (Phi) is 7.64. The number of hydrazine groups is 1. The molecule has 0 aliphatic carbocycles. The SMILES string of the molecule is CC(OCC1(Cc2ccc(F)cc2)CCNCC1)c1cc(Cl)cc2c1NN(CC(F)(F)F)[C@@H]2Cl. The fourth-order valence-corrected chi connectivity index (χ4v) is 5.25. The molecule has 0 aromatic heterocycles. The summed E-state index contributed by atoms with van der Waals surface area (Å²) in [6.45, 7) is 2.82. The Labute approximate surface area is 206 Å². The van der Waals surface area contributed by atoms with E-state index < -0.39 is 24.3 Å². The molecule has 4 nitrogen and oxygen atoms in total. The van der Waals surface area contributed by atoms with Crippen molar-refractivity contribution in [3.63, 3.8) is 0 Å². The highest BCUT2D eigenvalue weighted by atomic mass is 35.5. The monoisotopic (exact) mass is 519 g/mol. The van der Waals surface area contributed by atoms with Crippen molar-refractivity contribution < 1.29 is 22.3 Å². The molecule has 186 valence electrons. The van der Waals surface area contributed by atoms with Crippen LogP contribution in [0, 0.1) is 11.2 Å². The van der Waals surface area contributed by atoms with Crippen molar-refractivity contribution >= 4 is 28.9 Å². The van der Waals surface area contributed by atoms with E-state index in [0.717, 1.165) is 42.9 Å². The van der Waals surface area contributed by atoms with Gasteiger partial charge in [0.1, 0.15) is 17.9 Å². The van der Waals surface area contributed by atoms with E-state index >= 15 is 0 Å². The van der Waals surface area contributed by atoms with Gasteiger partial charge >= 0.3 is 6.18 Å². The summed E-state index contributed by atoms with van der Waals surface area (Å²) in [5.74, 6) is -0.271. The zero-order chi connectivity index (χ0) is 24.5. The maximum absolute atomic E-state index is 13.4. The number of anilines is 1. The van der Waals surface area contributed by atoms with Gasteiger partial charge in [-0.3, -0.25) is 0 Å². The molecular weight excluding hydrogens is 493 g/mol. The van der Waals surface area contributed by atoms with Gasteiger partial charge in [-0.05, 0) is 69.1 Å². The predicted octanol–water partition coefficient (Wildman–Crippen LogP) is 6.61. The van der Waals surface area contributed by atoms with E-state index in [-0.39, 0.29) is 11.2 Å². The highest BCUT2D eigenvalue weighted by Crippen LogP contribution is 2.45. The van der Waals surface area contributed by atoms with E-state index in [1.54, 1.807) is 24.3 Å². The fraction of sp³-hybridized carbons (Fsp3) is 0.500. The molecule has 4 rings (SSSR count). The molecule has 2 aliphatic heterocycles. The molecule has 2 heterocycles. The van der Waals surface area contributed by atoms with Crippen molar-refractivity contribution in [3.05, 3.63) is 63.9 Å². The number of fused-ring (bicyclic) bond motifs is 1. The second kappa shape index (κ2) is 10.2. The minimum atomic E-state index is -4.41. The van der Waals surface area contributed by atoms with Crippen LogP contribution in [0.2, 0.25) is 5.02 Å². The average molecular weight is 520 g/mol. The fourth-order valence-electron chi connectivity index (χ4n) is 4.72. The van der Waals surface area contributed by atoms with Crippen LogP contribution in [0.1, 0.15) is 48.1 Å². The summed E-state index contributed by atoms with van der Waals surface area (Å²) in [5.41, 5.74) is 4.36. The van der Waals surface area contributed by atoms with Crippen LogP contribution in [0.15, 0.2) is 36.4 Å². The minimum Gasteiger partial charge on any atom is -0.373 e. The number of alkyl halides is 4. The molecule has 2 aromatic rings. The minimum absolute atomic E-state index is 0.135. The van der Waals surface area contributed by atoms with E-state index in [4.69, 9.17) is 27.9 Å². The second-order valence-electron chi connectivity index (χ2n) is 9.16. The molecular formula is C24H27Cl2F4N3O. The van der Waals surface area contributed by atoms with Gasteiger partial charge in [-0.25, -0.2) is 4.39 Å². The summed E-state index contributed by atoms with van der Waals surface area (Å²) < 4.78 is 58.7. The van der Waals surface area contributed by atoms with Crippen molar-refractivity contribution in [3.8, 4) is 0 Å². The van der Waals surface area contributed by atoms with Gasteiger partial charge in [-0.15, -0.1) is 0 Å². The third kappa shape index (κ3) is 5.97. The number of ether oxygens (including phenoxy) is 1. The summed E-state index contributed by atoms with van der Waals surface area (Å²) in [7, 11) is 0. The number of rotatable bonds is 7. The Morgan fingerprint density at radius 3 is 2.50 bits per heavy atom. The van der Waals surface area contributed by atoms with Crippen LogP contribution in [-0.4, -0.2) is 37.4 Å². The molecule has 2 aliphatic rings. The Morgan fingerprint density at radius 1 is 1.18 bits per heavy atom.